The Morgan fingerprint density at radius 1 is 0.964 bits per heavy atom. The number of hydrogen-bond donors (Lipinski definition) is 0. The van der Waals surface area contributed by atoms with Crippen molar-refractivity contribution < 1.29 is 9.18 Å². The van der Waals surface area contributed by atoms with Crippen molar-refractivity contribution in [2.45, 2.75) is 31.7 Å². The maximum absolute atomic E-state index is 14.8. The van der Waals surface area contributed by atoms with Gasteiger partial charge in [-0.25, -0.2) is 4.39 Å². The number of amides is 1. The number of nitrogens with zero attached hydrogens (tertiary/aromatic N) is 1. The Morgan fingerprint density at radius 2 is 1.61 bits per heavy atom. The molecule has 0 bridgehead atoms. The normalized spacial score (nSPS) is 17.1. The van der Waals surface area contributed by atoms with E-state index in [4.69, 9.17) is 0 Å². The quantitative estimate of drug-likeness (QED) is 0.592. The molecule has 0 saturated carbocycles. The minimum Gasteiger partial charge on any atom is -0.331 e. The van der Waals surface area contributed by atoms with Gasteiger partial charge in [0, 0.05) is 12.1 Å². The van der Waals surface area contributed by atoms with Gasteiger partial charge in [0.05, 0.1) is 12.0 Å². The highest BCUT2D eigenvalue weighted by Crippen LogP contribution is 2.38. The molecule has 0 saturated heterocycles. The third-order valence-corrected chi connectivity index (χ3v) is 5.67. The molecule has 0 aliphatic carbocycles. The lowest BCUT2D eigenvalue weighted by Gasteiger charge is -2.39. The van der Waals surface area contributed by atoms with Crippen LogP contribution in [0.1, 0.15) is 47.6 Å². The molecule has 2 nitrogen and oxygen atoms in total. The lowest BCUT2D eigenvalue weighted by molar-refractivity contribution is -0.135. The zero-order valence-electron chi connectivity index (χ0n) is 16.0. The summed E-state index contributed by atoms with van der Waals surface area (Å²) >= 11 is 0. The van der Waals surface area contributed by atoms with Gasteiger partial charge >= 0.3 is 0 Å². The van der Waals surface area contributed by atoms with Gasteiger partial charge in [-0.1, -0.05) is 79.7 Å². The average molecular weight is 373 g/mol. The molecule has 0 radical (unpaired) electrons. The molecule has 3 aromatic rings. The molecular formula is C25H24FNO. The second-order valence-electron chi connectivity index (χ2n) is 7.28. The molecule has 142 valence electrons. The topological polar surface area (TPSA) is 20.3 Å². The number of carbonyl (C=O) groups excluding carboxylic acids is 1. The molecule has 28 heavy (non-hydrogen) atoms. The fraction of sp³-hybridized carbons (Fsp3) is 0.240. The van der Waals surface area contributed by atoms with Crippen LogP contribution >= 0.6 is 0 Å². The van der Waals surface area contributed by atoms with Gasteiger partial charge in [-0.3, -0.25) is 4.79 Å². The van der Waals surface area contributed by atoms with E-state index in [0.29, 0.717) is 18.5 Å². The molecule has 1 amide bonds. The Kier molecular flexibility index (Phi) is 5.25. The molecular weight excluding hydrogens is 349 g/mol. The summed E-state index contributed by atoms with van der Waals surface area (Å²) in [6.07, 6.45) is 1.50. The van der Waals surface area contributed by atoms with Crippen molar-refractivity contribution in [3.63, 3.8) is 0 Å². The van der Waals surface area contributed by atoms with Crippen LogP contribution in [-0.4, -0.2) is 17.4 Å². The van der Waals surface area contributed by atoms with Crippen molar-refractivity contribution in [3.8, 4) is 0 Å². The van der Waals surface area contributed by atoms with Crippen LogP contribution in [0.4, 0.5) is 4.39 Å². The number of hydrogen-bond acceptors (Lipinski definition) is 1. The molecule has 3 heteroatoms. The van der Waals surface area contributed by atoms with Crippen molar-refractivity contribution in [2.75, 3.05) is 6.54 Å². The van der Waals surface area contributed by atoms with E-state index >= 15 is 0 Å². The van der Waals surface area contributed by atoms with Crippen molar-refractivity contribution in [1.29, 1.82) is 0 Å². The minimum absolute atomic E-state index is 0.0662. The maximum atomic E-state index is 14.8. The molecule has 0 N–H and O–H groups in total. The van der Waals surface area contributed by atoms with Gasteiger partial charge < -0.3 is 4.90 Å². The first-order chi connectivity index (χ1) is 13.7. The number of halogens is 1. The fourth-order valence-electron chi connectivity index (χ4n) is 4.27. The third-order valence-electron chi connectivity index (χ3n) is 5.67. The predicted molar refractivity (Wildman–Crippen MR) is 110 cm³/mol. The summed E-state index contributed by atoms with van der Waals surface area (Å²) in [5.74, 6) is -0.424. The molecule has 3 aromatic carbocycles. The lowest BCUT2D eigenvalue weighted by atomic mass is 9.86. The maximum Gasteiger partial charge on any atom is 0.230 e. The van der Waals surface area contributed by atoms with Crippen LogP contribution in [0.15, 0.2) is 78.9 Å². The van der Waals surface area contributed by atoms with Crippen molar-refractivity contribution in [3.05, 3.63) is 107 Å². The van der Waals surface area contributed by atoms with E-state index in [1.54, 1.807) is 12.1 Å². The van der Waals surface area contributed by atoms with E-state index in [9.17, 15) is 9.18 Å². The summed E-state index contributed by atoms with van der Waals surface area (Å²) in [5.41, 5.74) is 3.79. The highest BCUT2D eigenvalue weighted by Gasteiger charge is 2.36. The van der Waals surface area contributed by atoms with E-state index < -0.39 is 6.04 Å². The SMILES string of the molecule is CC[C@@H](C(=O)N1CCc2ccccc2[C@@H]1c1ccccc1F)c1ccccc1. The number of rotatable bonds is 4. The zero-order valence-corrected chi connectivity index (χ0v) is 16.0. The Bertz CT molecular complexity index is 969. The van der Waals surface area contributed by atoms with Crippen LogP contribution in [0, 0.1) is 5.82 Å². The smallest absolute Gasteiger partial charge is 0.230 e. The van der Waals surface area contributed by atoms with E-state index in [0.717, 1.165) is 17.5 Å². The molecule has 1 aliphatic heterocycles. The van der Waals surface area contributed by atoms with Gasteiger partial charge in [-0.15, -0.1) is 0 Å². The Morgan fingerprint density at radius 3 is 2.32 bits per heavy atom. The van der Waals surface area contributed by atoms with Crippen LogP contribution in [-0.2, 0) is 11.2 Å². The summed E-state index contributed by atoms with van der Waals surface area (Å²) < 4.78 is 14.8. The van der Waals surface area contributed by atoms with Crippen LogP contribution in [0.5, 0.6) is 0 Å². The van der Waals surface area contributed by atoms with Crippen molar-refractivity contribution in [2.24, 2.45) is 0 Å². The molecule has 1 aliphatic rings. The predicted octanol–water partition coefficient (Wildman–Crippen LogP) is 5.49. The van der Waals surface area contributed by atoms with Crippen molar-refractivity contribution in [1.82, 2.24) is 4.90 Å². The third kappa shape index (κ3) is 3.33. The van der Waals surface area contributed by atoms with E-state index in [1.807, 2.05) is 66.4 Å². The van der Waals surface area contributed by atoms with E-state index in [-0.39, 0.29) is 17.6 Å². The molecule has 0 spiro atoms. The van der Waals surface area contributed by atoms with Crippen LogP contribution in [0.3, 0.4) is 0 Å². The molecule has 1 heterocycles. The van der Waals surface area contributed by atoms with Gasteiger partial charge in [0.25, 0.3) is 0 Å². The van der Waals surface area contributed by atoms with Gasteiger partial charge in [-0.05, 0) is 35.6 Å². The van der Waals surface area contributed by atoms with Crippen LogP contribution in [0.2, 0.25) is 0 Å². The van der Waals surface area contributed by atoms with E-state index in [1.165, 1.54) is 11.6 Å². The largest absolute Gasteiger partial charge is 0.331 e. The molecule has 4 rings (SSSR count). The van der Waals surface area contributed by atoms with E-state index in [2.05, 4.69) is 6.07 Å². The second-order valence-corrected chi connectivity index (χ2v) is 7.28. The van der Waals surface area contributed by atoms with Crippen LogP contribution < -0.4 is 0 Å². The Labute approximate surface area is 165 Å². The average Bonchev–Trinajstić information content (AvgIpc) is 2.74. The minimum atomic E-state index is -0.392. The molecule has 0 fully saturated rings. The lowest BCUT2D eigenvalue weighted by Crippen LogP contribution is -2.43. The van der Waals surface area contributed by atoms with Crippen molar-refractivity contribution >= 4 is 5.91 Å². The number of carbonyl (C=O) groups is 1. The first kappa shape index (κ1) is 18.4. The molecule has 2 atom stereocenters. The summed E-state index contributed by atoms with van der Waals surface area (Å²) in [5, 5.41) is 0. The van der Waals surface area contributed by atoms with Gasteiger partial charge in [0.15, 0.2) is 0 Å². The monoisotopic (exact) mass is 373 g/mol. The summed E-state index contributed by atoms with van der Waals surface area (Å²) in [6, 6.07) is 24.4. The standard InChI is InChI=1S/C25H24FNO/c1-2-20(18-10-4-3-5-11-18)25(28)27-17-16-19-12-6-7-13-21(19)24(27)22-14-8-9-15-23(22)26/h3-15,20,24H,2,16-17H2,1H3/t20-,24-/m1/s1. The first-order valence-electron chi connectivity index (χ1n) is 9.88. The second kappa shape index (κ2) is 7.97. The zero-order chi connectivity index (χ0) is 19.5. The highest BCUT2D eigenvalue weighted by molar-refractivity contribution is 5.85. The summed E-state index contributed by atoms with van der Waals surface area (Å²) in [6.45, 7) is 2.63. The Balaban J connectivity index is 1.79. The highest BCUT2D eigenvalue weighted by atomic mass is 19.1. The Hall–Kier alpha value is -2.94. The van der Waals surface area contributed by atoms with Gasteiger partial charge in [0.1, 0.15) is 5.82 Å². The van der Waals surface area contributed by atoms with Crippen LogP contribution in [0.25, 0.3) is 0 Å². The summed E-state index contributed by atoms with van der Waals surface area (Å²) in [4.78, 5) is 15.5. The number of fused-ring (bicyclic) bond motifs is 1. The molecule has 0 unspecified atom stereocenters. The van der Waals surface area contributed by atoms with Gasteiger partial charge in [-0.2, -0.15) is 0 Å². The number of benzene rings is 3. The molecule has 0 aromatic heterocycles. The first-order valence-corrected chi connectivity index (χ1v) is 9.88. The summed E-state index contributed by atoms with van der Waals surface area (Å²) in [7, 11) is 0. The van der Waals surface area contributed by atoms with Gasteiger partial charge in [0.2, 0.25) is 5.91 Å². The fourth-order valence-corrected chi connectivity index (χ4v) is 4.27.